The van der Waals surface area contributed by atoms with Crippen molar-refractivity contribution < 1.29 is 24.2 Å². The maximum Gasteiger partial charge on any atom is 0.224 e. The van der Waals surface area contributed by atoms with Crippen molar-refractivity contribution in [2.24, 2.45) is 0 Å². The molecule has 2 aliphatic heterocycles. The van der Waals surface area contributed by atoms with Gasteiger partial charge < -0.3 is 35.8 Å². The smallest absolute Gasteiger partial charge is 0.224 e. The maximum absolute atomic E-state index is 12.8. The van der Waals surface area contributed by atoms with E-state index in [0.29, 0.717) is 43.6 Å². The summed E-state index contributed by atoms with van der Waals surface area (Å²) in [7, 11) is 0. The van der Waals surface area contributed by atoms with Crippen LogP contribution in [0, 0.1) is 0 Å². The van der Waals surface area contributed by atoms with Crippen molar-refractivity contribution in [3.8, 4) is 11.1 Å². The van der Waals surface area contributed by atoms with Crippen LogP contribution >= 0.6 is 0 Å². The molecule has 6 rings (SSSR count). The number of benzene rings is 4. The van der Waals surface area contributed by atoms with E-state index in [0.717, 1.165) is 65.9 Å². The number of carbonyl (C=O) groups excluding carboxylic acids is 2. The maximum atomic E-state index is 12.8. The van der Waals surface area contributed by atoms with E-state index in [1.807, 2.05) is 36.4 Å². The minimum Gasteiger partial charge on any atom is -0.397 e. The highest BCUT2D eigenvalue weighted by molar-refractivity contribution is 5.93. The molecule has 4 aromatic rings. The number of anilines is 2. The lowest BCUT2D eigenvalue weighted by Gasteiger charge is -2.39. The van der Waals surface area contributed by atoms with Gasteiger partial charge in [-0.25, -0.2) is 0 Å². The molecular weight excluding hydrogens is 677 g/mol. The zero-order valence-corrected chi connectivity index (χ0v) is 31.4. The average molecular weight is 733 g/mol. The molecule has 286 valence electrons. The van der Waals surface area contributed by atoms with Crippen LogP contribution < -0.4 is 16.4 Å². The molecule has 0 bridgehead atoms. The third-order valence-corrected chi connectivity index (χ3v) is 10.6. The highest BCUT2D eigenvalue weighted by Gasteiger charge is 2.33. The molecule has 2 amide bonds. The standard InChI is InChI=1S/C45H56N4O5/c46-40-15-9-10-16-41(40)48-44(52)18-6-4-5-17-43(51)47-30-37-13-7-8-14-39(37)34-23-25-36(26-24-34)45-53-38(31-49-27-11-2-1-3-12-28-49)29-42(54-45)35-21-19-33(32-50)20-22-35/h7-10,13-16,19-26,38,42,45,50H,1-6,11-12,17-18,27-32,46H2,(H,47,51)(H,48,52)/t38-,42+,45+/m0/s1. The van der Waals surface area contributed by atoms with E-state index in [-0.39, 0.29) is 30.6 Å². The Morgan fingerprint density at radius 1 is 0.741 bits per heavy atom. The van der Waals surface area contributed by atoms with Crippen molar-refractivity contribution in [1.29, 1.82) is 0 Å². The minimum absolute atomic E-state index is 0.000835. The summed E-state index contributed by atoms with van der Waals surface area (Å²) in [4.78, 5) is 27.6. The number of nitrogen functional groups attached to an aromatic ring is 1. The topological polar surface area (TPSA) is 126 Å². The number of ether oxygens (including phenoxy) is 2. The molecule has 2 saturated heterocycles. The first kappa shape index (κ1) is 39.2. The van der Waals surface area contributed by atoms with Crippen molar-refractivity contribution in [3.05, 3.63) is 119 Å². The summed E-state index contributed by atoms with van der Waals surface area (Å²) in [6, 6.07) is 31.8. The second-order valence-electron chi connectivity index (χ2n) is 14.7. The highest BCUT2D eigenvalue weighted by Crippen LogP contribution is 2.39. The van der Waals surface area contributed by atoms with E-state index < -0.39 is 6.29 Å². The van der Waals surface area contributed by atoms with Gasteiger partial charge in [-0.05, 0) is 78.7 Å². The number of hydrogen-bond donors (Lipinski definition) is 4. The Morgan fingerprint density at radius 3 is 2.15 bits per heavy atom. The van der Waals surface area contributed by atoms with Gasteiger partial charge >= 0.3 is 0 Å². The third kappa shape index (κ3) is 11.5. The number of aliphatic hydroxyl groups is 1. The molecule has 2 aliphatic rings. The minimum atomic E-state index is -0.498. The van der Waals surface area contributed by atoms with Gasteiger partial charge in [-0.3, -0.25) is 9.59 Å². The summed E-state index contributed by atoms with van der Waals surface area (Å²) < 4.78 is 13.3. The van der Waals surface area contributed by atoms with E-state index in [1.165, 1.54) is 32.1 Å². The Morgan fingerprint density at radius 2 is 1.41 bits per heavy atom. The number of amides is 2. The number of nitrogens with two attached hydrogens (primary N) is 1. The third-order valence-electron chi connectivity index (χ3n) is 10.6. The lowest BCUT2D eigenvalue weighted by Crippen LogP contribution is -2.40. The molecule has 9 heteroatoms. The molecule has 0 spiro atoms. The van der Waals surface area contributed by atoms with Crippen LogP contribution in [-0.2, 0) is 32.2 Å². The number of likely N-dealkylation sites (tertiary alicyclic amines) is 1. The van der Waals surface area contributed by atoms with Gasteiger partial charge in [0.05, 0.1) is 30.2 Å². The predicted molar refractivity (Wildman–Crippen MR) is 214 cm³/mol. The first-order valence-electron chi connectivity index (χ1n) is 19.8. The van der Waals surface area contributed by atoms with Gasteiger partial charge in [-0.1, -0.05) is 111 Å². The fourth-order valence-electron chi connectivity index (χ4n) is 7.45. The van der Waals surface area contributed by atoms with Crippen LogP contribution in [0.5, 0.6) is 0 Å². The van der Waals surface area contributed by atoms with Gasteiger partial charge in [-0.15, -0.1) is 0 Å². The Balaban J connectivity index is 1.03. The molecule has 0 aliphatic carbocycles. The molecule has 9 nitrogen and oxygen atoms in total. The van der Waals surface area contributed by atoms with Gasteiger partial charge in [0, 0.05) is 37.9 Å². The summed E-state index contributed by atoms with van der Waals surface area (Å²) in [6.07, 6.45) is 9.62. The van der Waals surface area contributed by atoms with Gasteiger partial charge in [0.25, 0.3) is 0 Å². The fraction of sp³-hybridized carbons (Fsp3) is 0.422. The number of para-hydroxylation sites is 2. The zero-order valence-electron chi connectivity index (χ0n) is 31.4. The van der Waals surface area contributed by atoms with E-state index in [4.69, 9.17) is 15.2 Å². The number of aliphatic hydroxyl groups excluding tert-OH is 1. The van der Waals surface area contributed by atoms with Crippen molar-refractivity contribution in [2.75, 3.05) is 30.7 Å². The van der Waals surface area contributed by atoms with E-state index >= 15 is 0 Å². The monoisotopic (exact) mass is 732 g/mol. The Bertz CT molecular complexity index is 1770. The number of hydrogen-bond acceptors (Lipinski definition) is 7. The van der Waals surface area contributed by atoms with Gasteiger partial charge in [0.2, 0.25) is 11.8 Å². The van der Waals surface area contributed by atoms with E-state index in [9.17, 15) is 14.7 Å². The van der Waals surface area contributed by atoms with Crippen LogP contribution in [0.4, 0.5) is 11.4 Å². The predicted octanol–water partition coefficient (Wildman–Crippen LogP) is 8.45. The van der Waals surface area contributed by atoms with Crippen molar-refractivity contribution in [2.45, 2.75) is 102 Å². The van der Waals surface area contributed by atoms with Gasteiger partial charge in [0.15, 0.2) is 6.29 Å². The van der Waals surface area contributed by atoms with Crippen LogP contribution in [0.3, 0.4) is 0 Å². The largest absolute Gasteiger partial charge is 0.397 e. The molecule has 0 radical (unpaired) electrons. The molecule has 2 heterocycles. The summed E-state index contributed by atoms with van der Waals surface area (Å²) in [5.74, 6) is -0.0723. The summed E-state index contributed by atoms with van der Waals surface area (Å²) >= 11 is 0. The number of carbonyl (C=O) groups is 2. The van der Waals surface area contributed by atoms with Crippen molar-refractivity contribution in [1.82, 2.24) is 10.2 Å². The average Bonchev–Trinajstić information content (AvgIpc) is 3.19. The Kier molecular flexibility index (Phi) is 14.7. The number of nitrogens with zero attached hydrogens (tertiary/aromatic N) is 1. The number of unbranched alkanes of at least 4 members (excludes halogenated alkanes) is 2. The van der Waals surface area contributed by atoms with Crippen molar-refractivity contribution in [3.63, 3.8) is 0 Å². The molecular formula is C45H56N4O5. The van der Waals surface area contributed by atoms with Crippen LogP contribution in [0.2, 0.25) is 0 Å². The second-order valence-corrected chi connectivity index (χ2v) is 14.7. The van der Waals surface area contributed by atoms with Crippen LogP contribution in [0.25, 0.3) is 11.1 Å². The van der Waals surface area contributed by atoms with E-state index in [1.54, 1.807) is 12.1 Å². The quantitative estimate of drug-likeness (QED) is 0.0714. The number of nitrogens with one attached hydrogen (secondary N) is 2. The SMILES string of the molecule is Nc1ccccc1NC(=O)CCCCCC(=O)NCc1ccccc1-c1ccc([C@@H]2O[C@H](CN3CCCCCCC3)C[C@H](c3ccc(CO)cc3)O2)cc1. The Hall–Kier alpha value is -4.54. The van der Waals surface area contributed by atoms with Gasteiger partial charge in [-0.2, -0.15) is 0 Å². The first-order valence-corrected chi connectivity index (χ1v) is 19.8. The highest BCUT2D eigenvalue weighted by atomic mass is 16.7. The Labute approximate surface area is 320 Å². The molecule has 5 N–H and O–H groups in total. The summed E-state index contributed by atoms with van der Waals surface area (Å²) in [5.41, 5.74) is 13.2. The van der Waals surface area contributed by atoms with Crippen LogP contribution in [-0.4, -0.2) is 47.6 Å². The molecule has 0 saturated carbocycles. The zero-order chi connectivity index (χ0) is 37.5. The molecule has 54 heavy (non-hydrogen) atoms. The second kappa shape index (κ2) is 20.2. The van der Waals surface area contributed by atoms with Crippen molar-refractivity contribution >= 4 is 23.2 Å². The number of rotatable bonds is 15. The molecule has 3 atom stereocenters. The first-order chi connectivity index (χ1) is 26.4. The molecule has 4 aromatic carbocycles. The summed E-state index contributed by atoms with van der Waals surface area (Å²) in [6.45, 7) is 3.57. The van der Waals surface area contributed by atoms with Crippen LogP contribution in [0.15, 0.2) is 97.1 Å². The normalized spacial score (nSPS) is 19.4. The van der Waals surface area contributed by atoms with E-state index in [2.05, 4.69) is 64.1 Å². The lowest BCUT2D eigenvalue weighted by molar-refractivity contribution is -0.253. The summed E-state index contributed by atoms with van der Waals surface area (Å²) in [5, 5.41) is 15.5. The molecule has 0 aromatic heterocycles. The molecule has 2 fully saturated rings. The molecule has 0 unspecified atom stereocenters. The van der Waals surface area contributed by atoms with Crippen LogP contribution in [0.1, 0.15) is 105 Å². The lowest BCUT2D eigenvalue weighted by atomic mass is 9.97. The van der Waals surface area contributed by atoms with Gasteiger partial charge in [0.1, 0.15) is 0 Å². The fourth-order valence-corrected chi connectivity index (χ4v) is 7.45.